The van der Waals surface area contributed by atoms with Crippen LogP contribution in [-0.4, -0.2) is 56.1 Å². The average molecular weight is 555 g/mol. The Bertz CT molecular complexity index is 773. The van der Waals surface area contributed by atoms with E-state index in [1.807, 2.05) is 12.1 Å². The van der Waals surface area contributed by atoms with E-state index in [1.54, 1.807) is 7.11 Å². The standard InChI is InChI=1S/C25H38N4O2.HI/c1-3-26-24(27-18-25(14-15-25)20-9-11-22(31-2)12-10-20)28-21-13-16-29(17-21)23(30)19-7-5-4-6-8-19;/h9-12,19,21H,3-8,13-18H2,1-2H3,(H2,26,27,28);1H. The zero-order valence-electron chi connectivity index (χ0n) is 19.6. The molecule has 1 unspecified atom stereocenters. The predicted octanol–water partition coefficient (Wildman–Crippen LogP) is 4.08. The number of benzene rings is 1. The van der Waals surface area contributed by atoms with Crippen LogP contribution in [0.3, 0.4) is 0 Å². The Kier molecular flexibility index (Phi) is 9.08. The first-order valence-electron chi connectivity index (χ1n) is 12.1. The molecule has 3 fully saturated rings. The van der Waals surface area contributed by atoms with E-state index in [1.165, 1.54) is 37.7 Å². The minimum atomic E-state index is 0. The van der Waals surface area contributed by atoms with E-state index < -0.39 is 0 Å². The van der Waals surface area contributed by atoms with Gasteiger partial charge in [0.15, 0.2) is 5.96 Å². The minimum absolute atomic E-state index is 0. The van der Waals surface area contributed by atoms with Crippen molar-refractivity contribution in [2.24, 2.45) is 10.9 Å². The number of rotatable bonds is 7. The van der Waals surface area contributed by atoms with Gasteiger partial charge >= 0.3 is 0 Å². The molecule has 1 amide bonds. The number of guanidine groups is 1. The van der Waals surface area contributed by atoms with Crippen LogP contribution in [0.2, 0.25) is 0 Å². The van der Waals surface area contributed by atoms with E-state index >= 15 is 0 Å². The van der Waals surface area contributed by atoms with Gasteiger partial charge in [0.05, 0.1) is 13.7 Å². The number of carbonyl (C=O) groups excluding carboxylic acids is 1. The molecule has 1 aliphatic heterocycles. The first kappa shape index (κ1) is 25.1. The molecule has 1 saturated heterocycles. The highest BCUT2D eigenvalue weighted by atomic mass is 127. The number of nitrogens with one attached hydrogen (secondary N) is 2. The second-order valence-electron chi connectivity index (χ2n) is 9.45. The fraction of sp³-hybridized carbons (Fsp3) is 0.680. The Balaban J connectivity index is 0.00000289. The van der Waals surface area contributed by atoms with Crippen molar-refractivity contribution in [2.75, 3.05) is 33.3 Å². The van der Waals surface area contributed by atoms with Crippen LogP contribution >= 0.6 is 24.0 Å². The maximum absolute atomic E-state index is 12.9. The van der Waals surface area contributed by atoms with Crippen LogP contribution in [-0.2, 0) is 10.2 Å². The van der Waals surface area contributed by atoms with Gasteiger partial charge in [-0.25, -0.2) is 0 Å². The smallest absolute Gasteiger partial charge is 0.225 e. The van der Waals surface area contributed by atoms with Gasteiger partial charge < -0.3 is 20.3 Å². The molecule has 7 heteroatoms. The molecule has 1 aromatic carbocycles. The third-order valence-electron chi connectivity index (χ3n) is 7.24. The second-order valence-corrected chi connectivity index (χ2v) is 9.45. The largest absolute Gasteiger partial charge is 0.497 e. The van der Waals surface area contributed by atoms with Crippen LogP contribution in [0.1, 0.15) is 63.9 Å². The van der Waals surface area contributed by atoms with Gasteiger partial charge in [0.2, 0.25) is 5.91 Å². The zero-order valence-corrected chi connectivity index (χ0v) is 21.9. The molecule has 2 saturated carbocycles. The molecule has 2 N–H and O–H groups in total. The SMILES string of the molecule is CCNC(=NCC1(c2ccc(OC)cc2)CC1)NC1CCN(C(=O)C2CCCCC2)C1.I. The third kappa shape index (κ3) is 6.08. The Labute approximate surface area is 210 Å². The van der Waals surface area contributed by atoms with Crippen molar-refractivity contribution in [3.63, 3.8) is 0 Å². The molecular formula is C25H39IN4O2. The Morgan fingerprint density at radius 3 is 2.50 bits per heavy atom. The van der Waals surface area contributed by atoms with Gasteiger partial charge in [0.1, 0.15) is 5.75 Å². The molecular weight excluding hydrogens is 515 g/mol. The number of aliphatic imine (C=N–C) groups is 1. The molecule has 0 spiro atoms. The molecule has 0 aromatic heterocycles. The van der Waals surface area contributed by atoms with Crippen LogP contribution in [0.25, 0.3) is 0 Å². The monoisotopic (exact) mass is 554 g/mol. The van der Waals surface area contributed by atoms with Crippen LogP contribution in [0.15, 0.2) is 29.3 Å². The molecule has 178 valence electrons. The maximum atomic E-state index is 12.9. The first-order valence-corrected chi connectivity index (χ1v) is 12.1. The van der Waals surface area contributed by atoms with Gasteiger partial charge in [-0.05, 0) is 56.7 Å². The molecule has 1 heterocycles. The van der Waals surface area contributed by atoms with Crippen molar-refractivity contribution in [3.8, 4) is 5.75 Å². The first-order chi connectivity index (χ1) is 15.1. The van der Waals surface area contributed by atoms with Crippen LogP contribution < -0.4 is 15.4 Å². The fourth-order valence-electron chi connectivity index (χ4n) is 5.06. The summed E-state index contributed by atoms with van der Waals surface area (Å²) in [5.74, 6) is 2.40. The van der Waals surface area contributed by atoms with Gasteiger partial charge in [-0.1, -0.05) is 31.4 Å². The molecule has 6 nitrogen and oxygen atoms in total. The number of nitrogens with zero attached hydrogens (tertiary/aromatic N) is 2. The number of amides is 1. The van der Waals surface area contributed by atoms with Crippen molar-refractivity contribution in [3.05, 3.63) is 29.8 Å². The van der Waals surface area contributed by atoms with Crippen LogP contribution in [0.5, 0.6) is 5.75 Å². The lowest BCUT2D eigenvalue weighted by atomic mass is 9.88. The van der Waals surface area contributed by atoms with Gasteiger partial charge in [0, 0.05) is 37.0 Å². The number of hydrogen-bond acceptors (Lipinski definition) is 3. The van der Waals surface area contributed by atoms with Crippen LogP contribution in [0.4, 0.5) is 0 Å². The van der Waals surface area contributed by atoms with Gasteiger partial charge in [-0.15, -0.1) is 24.0 Å². The number of carbonyl (C=O) groups is 1. The maximum Gasteiger partial charge on any atom is 0.225 e. The fourth-order valence-corrected chi connectivity index (χ4v) is 5.06. The topological polar surface area (TPSA) is 66.0 Å². The summed E-state index contributed by atoms with van der Waals surface area (Å²) in [6, 6.07) is 8.71. The van der Waals surface area contributed by atoms with E-state index in [4.69, 9.17) is 9.73 Å². The lowest BCUT2D eigenvalue weighted by Gasteiger charge is -2.26. The third-order valence-corrected chi connectivity index (χ3v) is 7.24. The number of likely N-dealkylation sites (tertiary alicyclic amines) is 1. The van der Waals surface area contributed by atoms with Crippen molar-refractivity contribution < 1.29 is 9.53 Å². The lowest BCUT2D eigenvalue weighted by Crippen LogP contribution is -2.46. The summed E-state index contributed by atoms with van der Waals surface area (Å²) < 4.78 is 5.30. The van der Waals surface area contributed by atoms with Crippen molar-refractivity contribution in [2.45, 2.75) is 69.7 Å². The number of hydrogen-bond donors (Lipinski definition) is 2. The summed E-state index contributed by atoms with van der Waals surface area (Å²) in [7, 11) is 1.70. The van der Waals surface area contributed by atoms with E-state index in [2.05, 4.69) is 34.6 Å². The average Bonchev–Trinajstić information content (AvgIpc) is 3.47. The predicted molar refractivity (Wildman–Crippen MR) is 140 cm³/mol. The Morgan fingerprint density at radius 1 is 1.16 bits per heavy atom. The summed E-state index contributed by atoms with van der Waals surface area (Å²) in [4.78, 5) is 19.9. The second kappa shape index (κ2) is 11.6. The number of halogens is 1. The summed E-state index contributed by atoms with van der Waals surface area (Å²) in [6.07, 6.45) is 9.19. The summed E-state index contributed by atoms with van der Waals surface area (Å²) in [5, 5.41) is 7.00. The number of methoxy groups -OCH3 is 1. The van der Waals surface area contributed by atoms with Gasteiger partial charge in [-0.2, -0.15) is 0 Å². The van der Waals surface area contributed by atoms with Gasteiger partial charge in [0.25, 0.3) is 0 Å². The normalized spacial score (nSPS) is 22.8. The molecule has 3 aliphatic rings. The molecule has 1 aromatic rings. The van der Waals surface area contributed by atoms with E-state index in [9.17, 15) is 4.79 Å². The highest BCUT2D eigenvalue weighted by molar-refractivity contribution is 14.0. The quantitative estimate of drug-likeness (QED) is 0.303. The van der Waals surface area contributed by atoms with Crippen molar-refractivity contribution in [1.82, 2.24) is 15.5 Å². The molecule has 4 rings (SSSR count). The van der Waals surface area contributed by atoms with E-state index in [0.717, 1.165) is 57.2 Å². The summed E-state index contributed by atoms with van der Waals surface area (Å²) >= 11 is 0. The minimum Gasteiger partial charge on any atom is -0.497 e. The molecule has 32 heavy (non-hydrogen) atoms. The van der Waals surface area contributed by atoms with Gasteiger partial charge in [-0.3, -0.25) is 9.79 Å². The lowest BCUT2D eigenvalue weighted by molar-refractivity contribution is -0.135. The highest BCUT2D eigenvalue weighted by Gasteiger charge is 2.44. The Morgan fingerprint density at radius 2 is 1.88 bits per heavy atom. The zero-order chi connectivity index (χ0) is 21.7. The van der Waals surface area contributed by atoms with E-state index in [-0.39, 0.29) is 41.4 Å². The summed E-state index contributed by atoms with van der Waals surface area (Å²) in [5.41, 5.74) is 1.51. The van der Waals surface area contributed by atoms with E-state index in [0.29, 0.717) is 5.91 Å². The summed E-state index contributed by atoms with van der Waals surface area (Å²) in [6.45, 7) is 5.37. The molecule has 1 atom stereocenters. The molecule has 0 bridgehead atoms. The molecule has 2 aliphatic carbocycles. The number of ether oxygens (including phenoxy) is 1. The highest BCUT2D eigenvalue weighted by Crippen LogP contribution is 2.48. The Hall–Kier alpha value is -1.51. The van der Waals surface area contributed by atoms with Crippen molar-refractivity contribution >= 4 is 35.8 Å². The van der Waals surface area contributed by atoms with Crippen molar-refractivity contribution in [1.29, 1.82) is 0 Å². The molecule has 0 radical (unpaired) electrons. The van der Waals surface area contributed by atoms with Crippen LogP contribution in [0, 0.1) is 5.92 Å².